The maximum absolute atomic E-state index is 13.4. The Morgan fingerprint density at radius 1 is 1.05 bits per heavy atom. The fourth-order valence-electron chi connectivity index (χ4n) is 5.07. The van der Waals surface area contributed by atoms with Crippen molar-refractivity contribution in [3.05, 3.63) is 77.7 Å². The second kappa shape index (κ2) is 13.0. The molecule has 5 rings (SSSR count). The van der Waals surface area contributed by atoms with E-state index in [2.05, 4.69) is 25.6 Å². The van der Waals surface area contributed by atoms with Crippen molar-refractivity contribution in [2.75, 3.05) is 37.5 Å². The molecule has 2 aromatic heterocycles. The van der Waals surface area contributed by atoms with E-state index in [1.165, 1.54) is 14.2 Å². The first kappa shape index (κ1) is 29.0. The van der Waals surface area contributed by atoms with Gasteiger partial charge in [-0.2, -0.15) is 5.10 Å². The highest BCUT2D eigenvalue weighted by Gasteiger charge is 2.29. The number of anilines is 2. The van der Waals surface area contributed by atoms with Gasteiger partial charge in [-0.15, -0.1) is 0 Å². The van der Waals surface area contributed by atoms with Gasteiger partial charge in [0.15, 0.2) is 5.65 Å². The van der Waals surface area contributed by atoms with Crippen LogP contribution in [0.25, 0.3) is 16.8 Å². The molecule has 42 heavy (non-hydrogen) atoms. The Kier molecular flexibility index (Phi) is 8.99. The van der Waals surface area contributed by atoms with E-state index in [4.69, 9.17) is 21.1 Å². The van der Waals surface area contributed by atoms with Gasteiger partial charge in [-0.25, -0.2) is 9.50 Å². The van der Waals surface area contributed by atoms with Crippen molar-refractivity contribution < 1.29 is 23.9 Å². The number of halogens is 1. The second-order valence-electron chi connectivity index (χ2n) is 9.90. The number of methoxy groups -OCH3 is 2. The molecule has 0 unspecified atom stereocenters. The highest BCUT2D eigenvalue weighted by atomic mass is 35.5. The number of nitrogens with zero attached hydrogens (tertiary/aromatic N) is 4. The van der Waals surface area contributed by atoms with E-state index in [-0.39, 0.29) is 24.1 Å². The molecule has 0 bridgehead atoms. The number of para-hydroxylation sites is 2. The summed E-state index contributed by atoms with van der Waals surface area (Å²) in [6.45, 7) is 1.36. The molecule has 1 amide bonds. The van der Waals surface area contributed by atoms with E-state index in [1.54, 1.807) is 29.0 Å². The summed E-state index contributed by atoms with van der Waals surface area (Å²) >= 11 is 6.18. The van der Waals surface area contributed by atoms with E-state index in [9.17, 15) is 14.4 Å². The summed E-state index contributed by atoms with van der Waals surface area (Å²) in [7, 11) is 2.58. The largest absolute Gasteiger partial charge is 0.469 e. The molecule has 3 heterocycles. The number of esters is 2. The van der Waals surface area contributed by atoms with Crippen LogP contribution in [0.1, 0.15) is 29.8 Å². The van der Waals surface area contributed by atoms with Crippen molar-refractivity contribution in [2.24, 2.45) is 0 Å². The van der Waals surface area contributed by atoms with Gasteiger partial charge in [-0.1, -0.05) is 35.9 Å². The molecule has 1 atom stereocenters. The monoisotopic (exact) mass is 590 g/mol. The molecule has 0 radical (unpaired) electrons. The summed E-state index contributed by atoms with van der Waals surface area (Å²) in [4.78, 5) is 44.1. The number of carbonyl (C=O) groups excluding carboxylic acids is 3. The zero-order valence-electron chi connectivity index (χ0n) is 23.2. The average molecular weight is 591 g/mol. The van der Waals surface area contributed by atoms with E-state index in [0.717, 1.165) is 29.7 Å². The number of hydrogen-bond donors (Lipinski definition) is 2. The number of rotatable bonds is 9. The number of aromatic nitrogens is 3. The normalized spacial score (nSPS) is 14.4. The van der Waals surface area contributed by atoms with Crippen LogP contribution in [-0.4, -0.2) is 71.8 Å². The number of fused-ring (bicyclic) bond motifs is 1. The van der Waals surface area contributed by atoms with Gasteiger partial charge in [0.1, 0.15) is 11.7 Å². The first-order valence-electron chi connectivity index (χ1n) is 13.5. The van der Waals surface area contributed by atoms with Crippen LogP contribution in [0.5, 0.6) is 0 Å². The molecule has 0 spiro atoms. The Morgan fingerprint density at radius 3 is 2.57 bits per heavy atom. The van der Waals surface area contributed by atoms with Crippen LogP contribution in [0.2, 0.25) is 5.02 Å². The highest BCUT2D eigenvalue weighted by molar-refractivity contribution is 6.30. The van der Waals surface area contributed by atoms with Gasteiger partial charge in [-0.3, -0.25) is 14.4 Å². The maximum Gasteiger partial charge on any atom is 0.323 e. The maximum atomic E-state index is 13.4. The van der Waals surface area contributed by atoms with Crippen LogP contribution in [0.15, 0.2) is 67.0 Å². The molecule has 218 valence electrons. The summed E-state index contributed by atoms with van der Waals surface area (Å²) in [5, 5.41) is 11.2. The number of benzene rings is 2. The summed E-state index contributed by atoms with van der Waals surface area (Å²) in [5.74, 6) is -1.33. The number of carbonyl (C=O) groups is 3. The van der Waals surface area contributed by atoms with E-state index < -0.39 is 18.0 Å². The third-order valence-electron chi connectivity index (χ3n) is 7.25. The van der Waals surface area contributed by atoms with Crippen LogP contribution >= 0.6 is 11.6 Å². The summed E-state index contributed by atoms with van der Waals surface area (Å²) in [5.41, 5.74) is 3.97. The van der Waals surface area contributed by atoms with Crippen molar-refractivity contribution in [1.82, 2.24) is 19.9 Å². The predicted octanol–water partition coefficient (Wildman–Crippen LogP) is 3.97. The molecule has 2 N–H and O–H groups in total. The lowest BCUT2D eigenvalue weighted by Crippen LogP contribution is -2.50. The Labute approximate surface area is 247 Å². The molecule has 1 fully saturated rings. The van der Waals surface area contributed by atoms with Gasteiger partial charge in [0.25, 0.3) is 5.91 Å². The molecular weight excluding hydrogens is 560 g/mol. The minimum absolute atomic E-state index is 0.0111. The van der Waals surface area contributed by atoms with Gasteiger partial charge < -0.3 is 25.0 Å². The molecule has 1 aliphatic rings. The summed E-state index contributed by atoms with van der Waals surface area (Å²) < 4.78 is 11.2. The Morgan fingerprint density at radius 2 is 1.83 bits per heavy atom. The van der Waals surface area contributed by atoms with Crippen molar-refractivity contribution in [1.29, 1.82) is 0 Å². The standard InChI is InChI=1S/C30H31ClN6O5/c1-41-27(38)17-25(30(40)42-2)33-21-10-13-36(14-11-21)26-9-4-3-8-23(26)35-29(39)24-12-15-37-28(34-24)22(18-32-37)19-6-5-7-20(31)16-19/h3-9,12,15-16,18,21,25,33H,10-11,13-14,17H2,1-2H3,(H,35,39)/t25-/m0/s1. The third kappa shape index (κ3) is 6.53. The third-order valence-corrected chi connectivity index (χ3v) is 7.48. The lowest BCUT2D eigenvalue weighted by Gasteiger charge is -2.36. The lowest BCUT2D eigenvalue weighted by atomic mass is 10.0. The van der Waals surface area contributed by atoms with Crippen LogP contribution in [0, 0.1) is 0 Å². The SMILES string of the molecule is COC(=O)C[C@H](NC1CCN(c2ccccc2NC(=O)c2ccn3ncc(-c4cccc(Cl)c4)c3n2)CC1)C(=O)OC. The van der Waals surface area contributed by atoms with Crippen LogP contribution < -0.4 is 15.5 Å². The van der Waals surface area contributed by atoms with Crippen molar-refractivity contribution in [3.8, 4) is 11.1 Å². The van der Waals surface area contributed by atoms with Crippen molar-refractivity contribution in [2.45, 2.75) is 31.3 Å². The Bertz CT molecular complexity index is 1600. The topological polar surface area (TPSA) is 127 Å². The number of amides is 1. The predicted molar refractivity (Wildman–Crippen MR) is 159 cm³/mol. The quantitative estimate of drug-likeness (QED) is 0.278. The average Bonchev–Trinajstić information content (AvgIpc) is 3.44. The number of piperidine rings is 1. The van der Waals surface area contributed by atoms with E-state index >= 15 is 0 Å². The fraction of sp³-hybridized carbons (Fsp3) is 0.300. The smallest absolute Gasteiger partial charge is 0.323 e. The summed E-state index contributed by atoms with van der Waals surface area (Å²) in [6.07, 6.45) is 4.76. The van der Waals surface area contributed by atoms with Gasteiger partial charge in [0, 0.05) is 35.9 Å². The van der Waals surface area contributed by atoms with Gasteiger partial charge in [0.2, 0.25) is 0 Å². The summed E-state index contributed by atoms with van der Waals surface area (Å²) in [6, 6.07) is 15.9. The van der Waals surface area contributed by atoms with Crippen LogP contribution in [0.3, 0.4) is 0 Å². The molecule has 0 aliphatic carbocycles. The Hall–Kier alpha value is -4.48. The van der Waals surface area contributed by atoms with Gasteiger partial charge >= 0.3 is 11.9 Å². The highest BCUT2D eigenvalue weighted by Crippen LogP contribution is 2.30. The molecule has 4 aromatic rings. The van der Waals surface area contributed by atoms with Crippen molar-refractivity contribution >= 4 is 46.5 Å². The molecule has 12 heteroatoms. The first-order valence-corrected chi connectivity index (χ1v) is 13.9. The lowest BCUT2D eigenvalue weighted by molar-refractivity contribution is -0.149. The van der Waals surface area contributed by atoms with Crippen LogP contribution in [-0.2, 0) is 19.1 Å². The van der Waals surface area contributed by atoms with Gasteiger partial charge in [-0.05, 0) is 48.7 Å². The fourth-order valence-corrected chi connectivity index (χ4v) is 5.26. The molecule has 11 nitrogen and oxygen atoms in total. The molecular formula is C30H31ClN6O5. The van der Waals surface area contributed by atoms with Crippen molar-refractivity contribution in [3.63, 3.8) is 0 Å². The second-order valence-corrected chi connectivity index (χ2v) is 10.3. The van der Waals surface area contributed by atoms with E-state index in [1.807, 2.05) is 42.5 Å². The zero-order chi connectivity index (χ0) is 29.6. The van der Waals surface area contributed by atoms with E-state index in [0.29, 0.717) is 29.4 Å². The first-order chi connectivity index (χ1) is 20.4. The molecule has 0 saturated carbocycles. The molecule has 2 aromatic carbocycles. The number of ether oxygens (including phenoxy) is 2. The molecule has 1 aliphatic heterocycles. The molecule has 1 saturated heterocycles. The number of nitrogens with one attached hydrogen (secondary N) is 2. The number of hydrogen-bond acceptors (Lipinski definition) is 9. The Balaban J connectivity index is 1.27. The minimum atomic E-state index is -0.773. The van der Waals surface area contributed by atoms with Gasteiger partial charge in [0.05, 0.1) is 38.2 Å². The van der Waals surface area contributed by atoms with Crippen LogP contribution in [0.4, 0.5) is 11.4 Å². The minimum Gasteiger partial charge on any atom is -0.469 e. The zero-order valence-corrected chi connectivity index (χ0v) is 24.0.